The topological polar surface area (TPSA) is 110 Å². The average molecular weight is 452 g/mol. The maximum absolute atomic E-state index is 9.68. The molecule has 170 valence electrons. The summed E-state index contributed by atoms with van der Waals surface area (Å²) in [5.41, 5.74) is 5.09. The predicted octanol–water partition coefficient (Wildman–Crippen LogP) is 4.45. The number of rotatable bonds is 6. The number of allylic oxidation sites excluding steroid dienone is 1. The van der Waals surface area contributed by atoms with Crippen molar-refractivity contribution in [3.63, 3.8) is 0 Å². The van der Waals surface area contributed by atoms with Crippen molar-refractivity contribution in [2.75, 3.05) is 36.4 Å². The first-order valence-electron chi connectivity index (χ1n) is 11.0. The van der Waals surface area contributed by atoms with E-state index >= 15 is 0 Å². The molecule has 2 aromatic carbocycles. The molecule has 2 heterocycles. The van der Waals surface area contributed by atoms with Gasteiger partial charge in [0.25, 0.3) is 0 Å². The number of nitrogens with zero attached hydrogens (tertiary/aromatic N) is 5. The lowest BCUT2D eigenvalue weighted by Gasteiger charge is -2.30. The first kappa shape index (κ1) is 22.8. The van der Waals surface area contributed by atoms with Crippen molar-refractivity contribution in [2.45, 2.75) is 13.8 Å². The molecule has 0 unspecified atom stereocenters. The molecule has 8 nitrogen and oxygen atoms in total. The highest BCUT2D eigenvalue weighted by Crippen LogP contribution is 2.30. The molecule has 1 aromatic heterocycles. The maximum atomic E-state index is 9.68. The highest BCUT2D eigenvalue weighted by molar-refractivity contribution is 5.68. The fourth-order valence-corrected chi connectivity index (χ4v) is 3.95. The van der Waals surface area contributed by atoms with Gasteiger partial charge in [0.05, 0.1) is 17.3 Å². The van der Waals surface area contributed by atoms with Gasteiger partial charge in [0.15, 0.2) is 0 Å². The van der Waals surface area contributed by atoms with Crippen LogP contribution in [0, 0.1) is 36.5 Å². The van der Waals surface area contributed by atoms with E-state index in [1.807, 2.05) is 50.2 Å². The Balaban J connectivity index is 1.52. The van der Waals surface area contributed by atoms with Crippen molar-refractivity contribution in [2.24, 2.45) is 0 Å². The Hall–Kier alpha value is -4.40. The number of nitrogens with one attached hydrogen (secondary N) is 2. The third-order valence-corrected chi connectivity index (χ3v) is 5.50. The molecule has 2 N–H and O–H groups in total. The quantitative estimate of drug-likeness (QED) is 0.529. The average Bonchev–Trinajstić information content (AvgIpc) is 2.85. The monoisotopic (exact) mass is 451 g/mol. The highest BCUT2D eigenvalue weighted by Gasteiger charge is 2.15. The smallest absolute Gasteiger partial charge is 0.230 e. The van der Waals surface area contributed by atoms with Crippen LogP contribution in [-0.4, -0.2) is 36.1 Å². The van der Waals surface area contributed by atoms with E-state index in [2.05, 4.69) is 31.6 Å². The van der Waals surface area contributed by atoms with Gasteiger partial charge in [-0.3, -0.25) is 0 Å². The molecule has 0 atom stereocenters. The van der Waals surface area contributed by atoms with E-state index < -0.39 is 0 Å². The molecule has 1 aliphatic rings. The summed E-state index contributed by atoms with van der Waals surface area (Å²) in [6, 6.07) is 15.6. The first-order valence-corrected chi connectivity index (χ1v) is 11.0. The van der Waals surface area contributed by atoms with Crippen LogP contribution < -0.4 is 20.3 Å². The molecule has 34 heavy (non-hydrogen) atoms. The van der Waals surface area contributed by atoms with Crippen molar-refractivity contribution >= 4 is 23.4 Å². The molecule has 0 amide bonds. The minimum absolute atomic E-state index is 0.375. The number of hydrogen-bond acceptors (Lipinski definition) is 8. The second-order valence-electron chi connectivity index (χ2n) is 7.97. The van der Waals surface area contributed by atoms with E-state index in [0.29, 0.717) is 23.1 Å². The Morgan fingerprint density at radius 2 is 1.85 bits per heavy atom. The molecule has 8 heteroatoms. The second-order valence-corrected chi connectivity index (χ2v) is 7.97. The first-order chi connectivity index (χ1) is 16.6. The Labute approximate surface area is 199 Å². The molecule has 0 aliphatic carbocycles. The van der Waals surface area contributed by atoms with Crippen LogP contribution in [0.15, 0.2) is 48.7 Å². The van der Waals surface area contributed by atoms with Gasteiger partial charge < -0.3 is 20.3 Å². The number of hydrogen-bond donors (Lipinski definition) is 2. The number of piperazine rings is 1. The Bertz CT molecular complexity index is 1270. The van der Waals surface area contributed by atoms with Gasteiger partial charge in [0.1, 0.15) is 11.8 Å². The van der Waals surface area contributed by atoms with Crippen molar-refractivity contribution in [1.29, 1.82) is 10.5 Å². The molecule has 1 aliphatic heterocycles. The molecule has 0 radical (unpaired) electrons. The predicted molar refractivity (Wildman–Crippen MR) is 132 cm³/mol. The van der Waals surface area contributed by atoms with E-state index in [4.69, 9.17) is 10.00 Å². The molecule has 1 fully saturated rings. The molecule has 0 spiro atoms. The zero-order valence-corrected chi connectivity index (χ0v) is 19.2. The van der Waals surface area contributed by atoms with Gasteiger partial charge in [0.2, 0.25) is 11.8 Å². The fraction of sp³-hybridized carbons (Fsp3) is 0.231. The molecular weight excluding hydrogens is 426 g/mol. The van der Waals surface area contributed by atoms with Gasteiger partial charge in [0, 0.05) is 50.2 Å². The summed E-state index contributed by atoms with van der Waals surface area (Å²) in [5.74, 6) is 1.49. The summed E-state index contributed by atoms with van der Waals surface area (Å²) in [4.78, 5) is 11.0. The summed E-state index contributed by atoms with van der Waals surface area (Å²) in [7, 11) is 0. The van der Waals surface area contributed by atoms with Crippen LogP contribution in [0.1, 0.15) is 22.3 Å². The van der Waals surface area contributed by atoms with E-state index in [1.165, 1.54) is 6.08 Å². The van der Waals surface area contributed by atoms with Gasteiger partial charge in [-0.1, -0.05) is 0 Å². The standard InChI is InChI=1S/C26H25N7O/c1-18-14-20(4-3-8-27)15-19(2)25(18)34-24-7-9-30-26(32-24)31-22-5-6-23(21(16-22)17-28)33-12-10-29-11-13-33/h3-7,9,14-16,29H,10-13H2,1-2H3,(H,30,31,32). The molecule has 4 rings (SSSR count). The lowest BCUT2D eigenvalue weighted by Crippen LogP contribution is -2.43. The number of ether oxygens (including phenoxy) is 1. The van der Waals surface area contributed by atoms with Crippen LogP contribution in [0.5, 0.6) is 11.6 Å². The van der Waals surface area contributed by atoms with Gasteiger partial charge in [-0.2, -0.15) is 15.5 Å². The van der Waals surface area contributed by atoms with Crippen molar-refractivity contribution in [3.8, 4) is 23.8 Å². The molecular formula is C26H25N7O. The molecule has 1 saturated heterocycles. The second kappa shape index (κ2) is 10.5. The minimum Gasteiger partial charge on any atom is -0.438 e. The molecule has 0 bridgehead atoms. The third-order valence-electron chi connectivity index (χ3n) is 5.50. The summed E-state index contributed by atoms with van der Waals surface area (Å²) in [6.45, 7) is 7.47. The number of benzene rings is 2. The molecule has 0 saturated carbocycles. The van der Waals surface area contributed by atoms with Crippen molar-refractivity contribution in [1.82, 2.24) is 15.3 Å². The van der Waals surface area contributed by atoms with Gasteiger partial charge in [-0.05, 0) is 66.9 Å². The Kier molecular flexibility index (Phi) is 7.02. The SMILES string of the molecule is Cc1cc(C=CC#N)cc(C)c1Oc1ccnc(Nc2ccc(N3CCNCC3)c(C#N)c2)n1. The van der Waals surface area contributed by atoms with Crippen molar-refractivity contribution < 1.29 is 4.74 Å². The fourth-order valence-electron chi connectivity index (χ4n) is 3.95. The number of aryl methyl sites for hydroxylation is 2. The van der Waals surface area contributed by atoms with Gasteiger partial charge >= 0.3 is 0 Å². The summed E-state index contributed by atoms with van der Waals surface area (Å²) in [5, 5.41) is 24.9. The maximum Gasteiger partial charge on any atom is 0.230 e. The van der Waals surface area contributed by atoms with E-state index in [1.54, 1.807) is 18.3 Å². The number of nitriles is 2. The Morgan fingerprint density at radius 3 is 2.56 bits per heavy atom. The number of aromatic nitrogens is 2. The Morgan fingerprint density at radius 1 is 1.09 bits per heavy atom. The van der Waals surface area contributed by atoms with Crippen molar-refractivity contribution in [3.05, 3.63) is 70.9 Å². The number of anilines is 3. The van der Waals surface area contributed by atoms with E-state index in [-0.39, 0.29) is 0 Å². The van der Waals surface area contributed by atoms with Gasteiger partial charge in [-0.15, -0.1) is 0 Å². The molecule has 3 aromatic rings. The van der Waals surface area contributed by atoms with E-state index in [9.17, 15) is 5.26 Å². The summed E-state index contributed by atoms with van der Waals surface area (Å²) < 4.78 is 6.08. The van der Waals surface area contributed by atoms with Crippen LogP contribution in [-0.2, 0) is 0 Å². The third kappa shape index (κ3) is 5.32. The largest absolute Gasteiger partial charge is 0.438 e. The lowest BCUT2D eigenvalue weighted by molar-refractivity contribution is 0.455. The highest BCUT2D eigenvalue weighted by atomic mass is 16.5. The van der Waals surface area contributed by atoms with Crippen LogP contribution in [0.3, 0.4) is 0 Å². The summed E-state index contributed by atoms with van der Waals surface area (Å²) in [6.07, 6.45) is 4.84. The van der Waals surface area contributed by atoms with Crippen LogP contribution >= 0.6 is 0 Å². The van der Waals surface area contributed by atoms with Gasteiger partial charge in [-0.25, -0.2) is 4.98 Å². The van der Waals surface area contributed by atoms with Crippen LogP contribution in [0.2, 0.25) is 0 Å². The zero-order valence-electron chi connectivity index (χ0n) is 19.2. The van der Waals surface area contributed by atoms with E-state index in [0.717, 1.165) is 54.2 Å². The zero-order chi connectivity index (χ0) is 23.9. The summed E-state index contributed by atoms with van der Waals surface area (Å²) >= 11 is 0. The lowest BCUT2D eigenvalue weighted by atomic mass is 10.1. The normalized spacial score (nSPS) is 13.4. The van der Waals surface area contributed by atoms with Crippen LogP contribution in [0.25, 0.3) is 6.08 Å². The minimum atomic E-state index is 0.375. The van der Waals surface area contributed by atoms with Crippen LogP contribution in [0.4, 0.5) is 17.3 Å².